The number of aryl methyl sites for hydroxylation is 1. The van der Waals surface area contributed by atoms with Crippen molar-refractivity contribution in [1.29, 1.82) is 0 Å². The van der Waals surface area contributed by atoms with Gasteiger partial charge in [-0.1, -0.05) is 0 Å². The summed E-state index contributed by atoms with van der Waals surface area (Å²) in [6.45, 7) is 0. The van der Waals surface area contributed by atoms with Crippen molar-refractivity contribution in [2.45, 2.75) is 25.2 Å². The summed E-state index contributed by atoms with van der Waals surface area (Å²) in [4.78, 5) is 13.5. The van der Waals surface area contributed by atoms with Gasteiger partial charge in [-0.25, -0.2) is 15.0 Å². The molecule has 0 atom stereocenters. The van der Waals surface area contributed by atoms with Crippen LogP contribution in [0.4, 0.5) is 5.82 Å². The number of nitrogens with zero attached hydrogens (tertiary/aromatic N) is 4. The zero-order valence-electron chi connectivity index (χ0n) is 10.7. The number of hydrogen-bond acceptors (Lipinski definition) is 4. The molecule has 0 bridgehead atoms. The molecule has 5 nitrogen and oxygen atoms in total. The fourth-order valence-corrected chi connectivity index (χ4v) is 1.99. The van der Waals surface area contributed by atoms with Gasteiger partial charge in [0.25, 0.3) is 0 Å². The second kappa shape index (κ2) is 4.40. The highest BCUT2D eigenvalue weighted by molar-refractivity contribution is 5.37. The number of aromatic nitrogens is 4. The molecular formula is C13H17N5. The normalized spacial score (nSPS) is 14.8. The van der Waals surface area contributed by atoms with Crippen LogP contribution in [-0.4, -0.2) is 26.6 Å². The molecule has 0 saturated heterocycles. The van der Waals surface area contributed by atoms with Crippen LogP contribution in [0.15, 0.2) is 18.5 Å². The van der Waals surface area contributed by atoms with Crippen LogP contribution in [0.25, 0.3) is 0 Å². The quantitative estimate of drug-likeness (QED) is 0.888. The summed E-state index contributed by atoms with van der Waals surface area (Å²) in [5.74, 6) is 3.47. The number of hydrogen-bond donors (Lipinski definition) is 1. The Bertz CT molecular complexity index is 556. The van der Waals surface area contributed by atoms with Crippen molar-refractivity contribution in [2.24, 2.45) is 7.05 Å². The van der Waals surface area contributed by atoms with Crippen molar-refractivity contribution in [2.75, 3.05) is 12.4 Å². The maximum absolute atomic E-state index is 4.65. The Kier molecular flexibility index (Phi) is 2.74. The molecule has 0 unspecified atom stereocenters. The fourth-order valence-electron chi connectivity index (χ4n) is 1.99. The van der Waals surface area contributed by atoms with Crippen LogP contribution in [0.5, 0.6) is 0 Å². The SMILES string of the molecule is CNc1cc(Cc2nccn2C)nc(C2CC2)n1. The van der Waals surface area contributed by atoms with Crippen LogP contribution < -0.4 is 5.32 Å². The number of rotatable bonds is 4. The summed E-state index contributed by atoms with van der Waals surface area (Å²) in [5, 5.41) is 3.11. The predicted molar refractivity (Wildman–Crippen MR) is 69.6 cm³/mol. The lowest BCUT2D eigenvalue weighted by atomic mass is 10.2. The highest BCUT2D eigenvalue weighted by atomic mass is 15.0. The van der Waals surface area contributed by atoms with E-state index >= 15 is 0 Å². The summed E-state index contributed by atoms with van der Waals surface area (Å²) in [6, 6.07) is 2.00. The summed E-state index contributed by atoms with van der Waals surface area (Å²) in [7, 11) is 3.90. The molecule has 1 N–H and O–H groups in total. The molecule has 2 aromatic heterocycles. The highest BCUT2D eigenvalue weighted by Gasteiger charge is 2.27. The summed E-state index contributed by atoms with van der Waals surface area (Å²) in [5.41, 5.74) is 1.03. The third-order valence-corrected chi connectivity index (χ3v) is 3.26. The molecule has 1 fully saturated rings. The van der Waals surface area contributed by atoms with E-state index in [2.05, 4.69) is 20.3 Å². The Hall–Kier alpha value is -1.91. The van der Waals surface area contributed by atoms with Gasteiger partial charge in [-0.15, -0.1) is 0 Å². The van der Waals surface area contributed by atoms with Gasteiger partial charge < -0.3 is 9.88 Å². The van der Waals surface area contributed by atoms with Gasteiger partial charge in [0.2, 0.25) is 0 Å². The van der Waals surface area contributed by atoms with Crippen LogP contribution in [0.1, 0.15) is 36.1 Å². The Morgan fingerprint density at radius 2 is 2.22 bits per heavy atom. The summed E-state index contributed by atoms with van der Waals surface area (Å²) < 4.78 is 2.03. The lowest BCUT2D eigenvalue weighted by molar-refractivity contribution is 0.798. The van der Waals surface area contributed by atoms with Crippen LogP contribution in [-0.2, 0) is 13.5 Å². The van der Waals surface area contributed by atoms with Gasteiger partial charge in [0.15, 0.2) is 0 Å². The topological polar surface area (TPSA) is 55.6 Å². The standard InChI is InChI=1S/C13H17N5/c1-14-11-7-10(8-12-15-5-6-18(12)2)16-13(17-11)9-3-4-9/h5-7,9H,3-4,8H2,1-2H3,(H,14,16,17). The molecule has 94 valence electrons. The van der Waals surface area contributed by atoms with Gasteiger partial charge >= 0.3 is 0 Å². The molecule has 0 spiro atoms. The first-order valence-electron chi connectivity index (χ1n) is 6.28. The van der Waals surface area contributed by atoms with Crippen LogP contribution >= 0.6 is 0 Å². The average molecular weight is 243 g/mol. The van der Waals surface area contributed by atoms with E-state index in [9.17, 15) is 0 Å². The van der Waals surface area contributed by atoms with Crippen molar-refractivity contribution in [3.05, 3.63) is 35.8 Å². The smallest absolute Gasteiger partial charge is 0.134 e. The van der Waals surface area contributed by atoms with E-state index in [0.717, 1.165) is 29.6 Å². The van der Waals surface area contributed by atoms with E-state index in [0.29, 0.717) is 5.92 Å². The van der Waals surface area contributed by atoms with Crippen molar-refractivity contribution in [3.63, 3.8) is 0 Å². The Balaban J connectivity index is 1.90. The maximum atomic E-state index is 4.65. The van der Waals surface area contributed by atoms with Gasteiger partial charge in [0, 0.05) is 44.9 Å². The second-order valence-electron chi connectivity index (χ2n) is 4.76. The van der Waals surface area contributed by atoms with Gasteiger partial charge in [-0.2, -0.15) is 0 Å². The van der Waals surface area contributed by atoms with Crippen molar-refractivity contribution >= 4 is 5.82 Å². The maximum Gasteiger partial charge on any atom is 0.134 e. The molecule has 0 aliphatic heterocycles. The van der Waals surface area contributed by atoms with Gasteiger partial charge in [-0.3, -0.25) is 0 Å². The van der Waals surface area contributed by atoms with E-state index in [1.54, 1.807) is 0 Å². The van der Waals surface area contributed by atoms with Crippen LogP contribution in [0.3, 0.4) is 0 Å². The molecular weight excluding hydrogens is 226 g/mol. The summed E-state index contributed by atoms with van der Waals surface area (Å²) in [6.07, 6.45) is 6.96. The third kappa shape index (κ3) is 2.20. The van der Waals surface area contributed by atoms with Gasteiger partial charge in [0.05, 0.1) is 5.69 Å². The van der Waals surface area contributed by atoms with Crippen LogP contribution in [0, 0.1) is 0 Å². The molecule has 0 aromatic carbocycles. The lowest BCUT2D eigenvalue weighted by Crippen LogP contribution is -2.06. The molecule has 0 radical (unpaired) electrons. The molecule has 0 amide bonds. The third-order valence-electron chi connectivity index (χ3n) is 3.26. The van der Waals surface area contributed by atoms with Crippen molar-refractivity contribution in [1.82, 2.24) is 19.5 Å². The average Bonchev–Trinajstić information content (AvgIpc) is 3.15. The van der Waals surface area contributed by atoms with E-state index < -0.39 is 0 Å². The zero-order chi connectivity index (χ0) is 12.5. The molecule has 18 heavy (non-hydrogen) atoms. The Morgan fingerprint density at radius 3 is 2.83 bits per heavy atom. The minimum absolute atomic E-state index is 0.568. The van der Waals surface area contributed by atoms with E-state index in [1.807, 2.05) is 37.1 Å². The summed E-state index contributed by atoms with van der Waals surface area (Å²) >= 11 is 0. The predicted octanol–water partition coefficient (Wildman–Crippen LogP) is 1.72. The van der Waals surface area contributed by atoms with Gasteiger partial charge in [0.1, 0.15) is 17.5 Å². The molecule has 2 aromatic rings. The van der Waals surface area contributed by atoms with Crippen molar-refractivity contribution < 1.29 is 0 Å². The molecule has 5 heteroatoms. The van der Waals surface area contributed by atoms with Crippen LogP contribution in [0.2, 0.25) is 0 Å². The molecule has 1 aliphatic rings. The minimum atomic E-state index is 0.568. The van der Waals surface area contributed by atoms with Gasteiger partial charge in [-0.05, 0) is 12.8 Å². The lowest BCUT2D eigenvalue weighted by Gasteiger charge is -2.07. The number of nitrogens with one attached hydrogen (secondary N) is 1. The first-order chi connectivity index (χ1) is 8.76. The molecule has 1 saturated carbocycles. The van der Waals surface area contributed by atoms with E-state index in [1.165, 1.54) is 12.8 Å². The molecule has 1 aliphatic carbocycles. The number of imidazole rings is 1. The monoisotopic (exact) mass is 243 g/mol. The first kappa shape index (κ1) is 11.2. The molecule has 2 heterocycles. The Morgan fingerprint density at radius 1 is 1.39 bits per heavy atom. The van der Waals surface area contributed by atoms with E-state index in [4.69, 9.17) is 0 Å². The largest absolute Gasteiger partial charge is 0.373 e. The van der Waals surface area contributed by atoms with Crippen molar-refractivity contribution in [3.8, 4) is 0 Å². The van der Waals surface area contributed by atoms with E-state index in [-0.39, 0.29) is 0 Å². The zero-order valence-corrected chi connectivity index (χ0v) is 10.7. The second-order valence-corrected chi connectivity index (χ2v) is 4.76. The molecule has 3 rings (SSSR count). The first-order valence-corrected chi connectivity index (χ1v) is 6.28. The highest BCUT2D eigenvalue weighted by Crippen LogP contribution is 2.38. The fraction of sp³-hybridized carbons (Fsp3) is 0.462. The number of anilines is 1. The minimum Gasteiger partial charge on any atom is -0.373 e. The Labute approximate surface area is 106 Å².